The maximum Gasteiger partial charge on any atom is 0.272 e. The molecule has 0 aromatic carbocycles. The molecule has 2 rings (SSSR count). The van der Waals surface area contributed by atoms with Crippen molar-refractivity contribution < 1.29 is 4.79 Å². The molecule has 0 radical (unpaired) electrons. The minimum absolute atomic E-state index is 0.0247. The summed E-state index contributed by atoms with van der Waals surface area (Å²) in [5.74, 6) is -0.119. The summed E-state index contributed by atoms with van der Waals surface area (Å²) in [5, 5.41) is 13.2. The van der Waals surface area contributed by atoms with Crippen molar-refractivity contribution in [1.82, 2.24) is 20.8 Å². The highest BCUT2D eigenvalue weighted by Gasteiger charge is 2.19. The number of hydrogen-bond acceptors (Lipinski definition) is 3. The molecule has 0 bridgehead atoms. The average Bonchev–Trinajstić information content (AvgIpc) is 2.87. The summed E-state index contributed by atoms with van der Waals surface area (Å²) in [6, 6.07) is 1.83. The Kier molecular flexibility index (Phi) is 4.04. The quantitative estimate of drug-likeness (QED) is 0.720. The van der Waals surface area contributed by atoms with Crippen LogP contribution in [-0.4, -0.2) is 35.7 Å². The lowest BCUT2D eigenvalue weighted by Crippen LogP contribution is -2.29. The molecule has 3 N–H and O–H groups in total. The highest BCUT2D eigenvalue weighted by Crippen LogP contribution is 2.20. The highest BCUT2D eigenvalue weighted by atomic mass is 16.1. The Hall–Kier alpha value is -1.62. The van der Waals surface area contributed by atoms with Crippen LogP contribution in [0.1, 0.15) is 43.4 Å². The second kappa shape index (κ2) is 5.57. The van der Waals surface area contributed by atoms with Crippen molar-refractivity contribution in [2.75, 3.05) is 19.6 Å². The number of aromatic amines is 1. The number of aromatic nitrogens is 2. The van der Waals surface area contributed by atoms with Gasteiger partial charge < -0.3 is 10.6 Å². The molecule has 5 heteroatoms. The van der Waals surface area contributed by atoms with Gasteiger partial charge >= 0.3 is 0 Å². The zero-order valence-electron chi connectivity index (χ0n) is 11.8. The van der Waals surface area contributed by atoms with Crippen molar-refractivity contribution in [2.24, 2.45) is 0 Å². The lowest BCUT2D eigenvalue weighted by Gasteiger charge is -2.15. The fourth-order valence-corrected chi connectivity index (χ4v) is 1.94. The third-order valence-corrected chi connectivity index (χ3v) is 3.25. The van der Waals surface area contributed by atoms with Gasteiger partial charge in [0.25, 0.3) is 5.91 Å². The van der Waals surface area contributed by atoms with Crippen LogP contribution in [0.5, 0.6) is 0 Å². The SMILES string of the molecule is CC(C)(C)c1cc(C(=O)NCC2=CCNCC2)n[nH]1. The molecule has 1 amide bonds. The van der Waals surface area contributed by atoms with E-state index >= 15 is 0 Å². The molecule has 0 aliphatic carbocycles. The molecule has 0 saturated carbocycles. The summed E-state index contributed by atoms with van der Waals surface area (Å²) in [5.41, 5.74) is 2.68. The van der Waals surface area contributed by atoms with Gasteiger partial charge in [-0.05, 0) is 19.0 Å². The molecule has 104 valence electrons. The first kappa shape index (κ1) is 13.8. The minimum atomic E-state index is -0.119. The van der Waals surface area contributed by atoms with Crippen LogP contribution in [0, 0.1) is 0 Å². The smallest absolute Gasteiger partial charge is 0.272 e. The first-order chi connectivity index (χ1) is 8.97. The third-order valence-electron chi connectivity index (χ3n) is 3.25. The Morgan fingerprint density at radius 2 is 2.26 bits per heavy atom. The molecule has 0 spiro atoms. The van der Waals surface area contributed by atoms with Crippen molar-refractivity contribution in [3.05, 3.63) is 29.1 Å². The van der Waals surface area contributed by atoms with E-state index in [2.05, 4.69) is 47.7 Å². The van der Waals surface area contributed by atoms with Crippen LogP contribution in [0.2, 0.25) is 0 Å². The van der Waals surface area contributed by atoms with Gasteiger partial charge in [-0.15, -0.1) is 0 Å². The zero-order chi connectivity index (χ0) is 13.9. The number of hydrogen-bond donors (Lipinski definition) is 3. The second-order valence-electron chi connectivity index (χ2n) is 5.92. The fraction of sp³-hybridized carbons (Fsp3) is 0.571. The summed E-state index contributed by atoms with van der Waals surface area (Å²) < 4.78 is 0. The van der Waals surface area contributed by atoms with Gasteiger partial charge in [0.05, 0.1) is 0 Å². The molecular weight excluding hydrogens is 240 g/mol. The van der Waals surface area contributed by atoms with Gasteiger partial charge in [-0.1, -0.05) is 32.4 Å². The molecule has 1 aromatic rings. The highest BCUT2D eigenvalue weighted by molar-refractivity contribution is 5.92. The van der Waals surface area contributed by atoms with Gasteiger partial charge in [0, 0.05) is 24.2 Å². The fourth-order valence-electron chi connectivity index (χ4n) is 1.94. The molecule has 5 nitrogen and oxygen atoms in total. The van der Waals surface area contributed by atoms with Crippen LogP contribution < -0.4 is 10.6 Å². The second-order valence-corrected chi connectivity index (χ2v) is 5.92. The topological polar surface area (TPSA) is 69.8 Å². The summed E-state index contributed by atoms with van der Waals surface area (Å²) in [4.78, 5) is 12.0. The maximum absolute atomic E-state index is 12.0. The molecule has 2 heterocycles. The summed E-state index contributed by atoms with van der Waals surface area (Å²) in [7, 11) is 0. The Labute approximate surface area is 113 Å². The van der Waals surface area contributed by atoms with Gasteiger partial charge in [-0.3, -0.25) is 9.89 Å². The monoisotopic (exact) mass is 262 g/mol. The van der Waals surface area contributed by atoms with E-state index in [0.717, 1.165) is 25.2 Å². The van der Waals surface area contributed by atoms with Crippen molar-refractivity contribution in [2.45, 2.75) is 32.6 Å². The predicted molar refractivity (Wildman–Crippen MR) is 75.2 cm³/mol. The largest absolute Gasteiger partial charge is 0.347 e. The summed E-state index contributed by atoms with van der Waals surface area (Å²) >= 11 is 0. The van der Waals surface area contributed by atoms with Crippen LogP contribution in [0.3, 0.4) is 0 Å². The van der Waals surface area contributed by atoms with Gasteiger partial charge in [-0.2, -0.15) is 5.10 Å². The average molecular weight is 262 g/mol. The predicted octanol–water partition coefficient (Wildman–Crippen LogP) is 1.36. The number of H-pyrrole nitrogens is 1. The standard InChI is InChI=1S/C14H22N4O/c1-14(2,3)12-8-11(17-18-12)13(19)16-9-10-4-6-15-7-5-10/h4,8,15H,5-7,9H2,1-3H3,(H,16,19)(H,17,18). The van der Waals surface area contributed by atoms with E-state index in [9.17, 15) is 4.79 Å². The van der Waals surface area contributed by atoms with E-state index in [-0.39, 0.29) is 11.3 Å². The zero-order valence-corrected chi connectivity index (χ0v) is 11.8. The van der Waals surface area contributed by atoms with Crippen molar-refractivity contribution >= 4 is 5.91 Å². The Morgan fingerprint density at radius 1 is 1.47 bits per heavy atom. The lowest BCUT2D eigenvalue weighted by atomic mass is 9.92. The van der Waals surface area contributed by atoms with Crippen LogP contribution in [0.25, 0.3) is 0 Å². The van der Waals surface area contributed by atoms with Crippen LogP contribution in [-0.2, 0) is 5.41 Å². The third kappa shape index (κ3) is 3.67. The Morgan fingerprint density at radius 3 is 2.84 bits per heavy atom. The van der Waals surface area contributed by atoms with Crippen molar-refractivity contribution in [3.63, 3.8) is 0 Å². The van der Waals surface area contributed by atoms with E-state index in [1.165, 1.54) is 5.57 Å². The van der Waals surface area contributed by atoms with Gasteiger partial charge in [-0.25, -0.2) is 0 Å². The number of amides is 1. The Bertz CT molecular complexity index is 482. The summed E-state index contributed by atoms with van der Waals surface area (Å²) in [6.45, 7) is 8.74. The molecule has 0 atom stereocenters. The first-order valence-electron chi connectivity index (χ1n) is 6.69. The molecular formula is C14H22N4O. The van der Waals surface area contributed by atoms with Gasteiger partial charge in [0.15, 0.2) is 0 Å². The number of nitrogens with one attached hydrogen (secondary N) is 3. The normalized spacial score (nSPS) is 16.1. The lowest BCUT2D eigenvalue weighted by molar-refractivity contribution is 0.0951. The van der Waals surface area contributed by atoms with E-state index < -0.39 is 0 Å². The van der Waals surface area contributed by atoms with Crippen LogP contribution >= 0.6 is 0 Å². The number of nitrogens with zero attached hydrogens (tertiary/aromatic N) is 1. The molecule has 19 heavy (non-hydrogen) atoms. The maximum atomic E-state index is 12.0. The number of carbonyl (C=O) groups is 1. The molecule has 1 aliphatic heterocycles. The van der Waals surface area contributed by atoms with Gasteiger partial charge in [0.1, 0.15) is 5.69 Å². The van der Waals surface area contributed by atoms with E-state index in [1.807, 2.05) is 6.07 Å². The molecule has 1 aromatic heterocycles. The number of carbonyl (C=O) groups excluding carboxylic acids is 1. The van der Waals surface area contributed by atoms with Gasteiger partial charge in [0.2, 0.25) is 0 Å². The number of rotatable bonds is 3. The van der Waals surface area contributed by atoms with Crippen LogP contribution in [0.15, 0.2) is 17.7 Å². The molecule has 0 unspecified atom stereocenters. The summed E-state index contributed by atoms with van der Waals surface area (Å²) in [6.07, 6.45) is 3.13. The van der Waals surface area contributed by atoms with Crippen molar-refractivity contribution in [1.29, 1.82) is 0 Å². The molecule has 0 saturated heterocycles. The van der Waals surface area contributed by atoms with E-state index in [4.69, 9.17) is 0 Å². The van der Waals surface area contributed by atoms with E-state index in [0.29, 0.717) is 12.2 Å². The van der Waals surface area contributed by atoms with E-state index in [1.54, 1.807) is 0 Å². The molecule has 1 aliphatic rings. The molecule has 0 fully saturated rings. The van der Waals surface area contributed by atoms with Crippen molar-refractivity contribution in [3.8, 4) is 0 Å². The minimum Gasteiger partial charge on any atom is -0.347 e. The van der Waals surface area contributed by atoms with Crippen LogP contribution in [0.4, 0.5) is 0 Å². The first-order valence-corrected chi connectivity index (χ1v) is 6.69. The Balaban J connectivity index is 1.93.